The van der Waals surface area contributed by atoms with Gasteiger partial charge in [0.05, 0.1) is 12.8 Å². The maximum absolute atomic E-state index is 12.5. The van der Waals surface area contributed by atoms with Crippen molar-refractivity contribution in [3.63, 3.8) is 0 Å². The van der Waals surface area contributed by atoms with Gasteiger partial charge in [0.1, 0.15) is 10.9 Å². The third kappa shape index (κ3) is 2.43. The molecule has 0 aliphatic rings. The van der Waals surface area contributed by atoms with Crippen LogP contribution in [0, 0.1) is 0 Å². The van der Waals surface area contributed by atoms with Crippen molar-refractivity contribution in [3.8, 4) is 11.4 Å². The van der Waals surface area contributed by atoms with Gasteiger partial charge in [-0.2, -0.15) is 18.3 Å². The van der Waals surface area contributed by atoms with Gasteiger partial charge in [-0.05, 0) is 12.1 Å². The minimum absolute atomic E-state index is 0.115. The lowest BCUT2D eigenvalue weighted by atomic mass is 10.3. The van der Waals surface area contributed by atoms with Crippen molar-refractivity contribution >= 4 is 11.6 Å². The molecule has 1 heterocycles. The summed E-state index contributed by atoms with van der Waals surface area (Å²) in [6.07, 6.45) is -4.52. The Hall–Kier alpha value is -1.69. The molecule has 0 aliphatic carbocycles. The molecule has 18 heavy (non-hydrogen) atoms. The zero-order valence-electron chi connectivity index (χ0n) is 9.20. The Morgan fingerprint density at radius 3 is 2.56 bits per heavy atom. The molecule has 0 N–H and O–H groups in total. The molecule has 7 heteroatoms. The Labute approximate surface area is 106 Å². The van der Waals surface area contributed by atoms with Crippen molar-refractivity contribution in [1.82, 2.24) is 9.78 Å². The molecule has 1 aromatic carbocycles. The van der Waals surface area contributed by atoms with E-state index in [-0.39, 0.29) is 5.15 Å². The summed E-state index contributed by atoms with van der Waals surface area (Å²) in [5.74, 6) is 0.507. The highest BCUT2D eigenvalue weighted by molar-refractivity contribution is 6.29. The summed E-state index contributed by atoms with van der Waals surface area (Å²) < 4.78 is 43.4. The lowest BCUT2D eigenvalue weighted by Gasteiger charge is -2.05. The first-order valence-electron chi connectivity index (χ1n) is 4.89. The topological polar surface area (TPSA) is 27.1 Å². The van der Waals surface area contributed by atoms with Gasteiger partial charge < -0.3 is 4.74 Å². The van der Waals surface area contributed by atoms with Crippen LogP contribution in [0.5, 0.6) is 5.75 Å². The Morgan fingerprint density at radius 2 is 2.00 bits per heavy atom. The van der Waals surface area contributed by atoms with E-state index < -0.39 is 11.9 Å². The molecule has 0 radical (unpaired) electrons. The van der Waals surface area contributed by atoms with E-state index in [4.69, 9.17) is 16.3 Å². The minimum atomic E-state index is -4.52. The summed E-state index contributed by atoms with van der Waals surface area (Å²) >= 11 is 5.74. The number of hydrogen-bond donors (Lipinski definition) is 0. The van der Waals surface area contributed by atoms with E-state index in [0.29, 0.717) is 11.4 Å². The highest BCUT2D eigenvalue weighted by atomic mass is 35.5. The van der Waals surface area contributed by atoms with Crippen LogP contribution in [0.1, 0.15) is 5.69 Å². The second-order valence-electron chi connectivity index (χ2n) is 3.46. The highest BCUT2D eigenvalue weighted by Crippen LogP contribution is 2.31. The van der Waals surface area contributed by atoms with Gasteiger partial charge in [-0.15, -0.1) is 0 Å². The lowest BCUT2D eigenvalue weighted by Crippen LogP contribution is -2.07. The molecule has 3 nitrogen and oxygen atoms in total. The number of nitrogens with zero attached hydrogens (tertiary/aromatic N) is 2. The molecule has 0 atom stereocenters. The lowest BCUT2D eigenvalue weighted by molar-refractivity contribution is -0.141. The van der Waals surface area contributed by atoms with Gasteiger partial charge in [-0.3, -0.25) is 0 Å². The van der Waals surface area contributed by atoms with E-state index in [1.54, 1.807) is 24.3 Å². The quantitative estimate of drug-likeness (QED) is 0.839. The molecule has 0 spiro atoms. The number of benzene rings is 1. The van der Waals surface area contributed by atoms with Crippen LogP contribution in [0.15, 0.2) is 30.3 Å². The third-order valence-electron chi connectivity index (χ3n) is 2.25. The van der Waals surface area contributed by atoms with Gasteiger partial charge in [0.25, 0.3) is 0 Å². The van der Waals surface area contributed by atoms with E-state index in [2.05, 4.69) is 5.10 Å². The molecule has 0 unspecified atom stereocenters. The fourth-order valence-electron chi connectivity index (χ4n) is 1.42. The van der Waals surface area contributed by atoms with E-state index in [0.717, 1.165) is 10.7 Å². The normalized spacial score (nSPS) is 11.6. The molecule has 96 valence electrons. The molecule has 2 rings (SSSR count). The second kappa shape index (κ2) is 4.53. The molecule has 0 amide bonds. The molecule has 0 saturated heterocycles. The van der Waals surface area contributed by atoms with Crippen molar-refractivity contribution < 1.29 is 17.9 Å². The molecule has 0 fully saturated rings. The first kappa shape index (κ1) is 12.8. The van der Waals surface area contributed by atoms with E-state index >= 15 is 0 Å². The number of alkyl halides is 3. The van der Waals surface area contributed by atoms with Crippen LogP contribution < -0.4 is 4.74 Å². The predicted molar refractivity (Wildman–Crippen MR) is 60.1 cm³/mol. The Balaban J connectivity index is 2.47. The maximum Gasteiger partial charge on any atom is 0.435 e. The number of aromatic nitrogens is 2. The van der Waals surface area contributed by atoms with Crippen molar-refractivity contribution in [2.45, 2.75) is 6.18 Å². The van der Waals surface area contributed by atoms with Crippen LogP contribution in [0.4, 0.5) is 13.2 Å². The van der Waals surface area contributed by atoms with Crippen molar-refractivity contribution in [2.75, 3.05) is 7.11 Å². The van der Waals surface area contributed by atoms with Crippen LogP contribution >= 0.6 is 11.6 Å². The number of methoxy groups -OCH3 is 1. The smallest absolute Gasteiger partial charge is 0.435 e. The predicted octanol–water partition coefficient (Wildman–Crippen LogP) is 3.55. The fourth-order valence-corrected chi connectivity index (χ4v) is 1.66. The van der Waals surface area contributed by atoms with Crippen LogP contribution in [0.2, 0.25) is 5.15 Å². The minimum Gasteiger partial charge on any atom is -0.497 e. The van der Waals surface area contributed by atoms with Crippen LogP contribution in [0.3, 0.4) is 0 Å². The van der Waals surface area contributed by atoms with E-state index in [1.807, 2.05) is 0 Å². The SMILES string of the molecule is COc1cccc(-n2nc(C(F)(F)F)cc2Cl)c1. The Kier molecular flexibility index (Phi) is 3.21. The van der Waals surface area contributed by atoms with Gasteiger partial charge in [0, 0.05) is 12.1 Å². The Bertz CT molecular complexity index is 566. The zero-order chi connectivity index (χ0) is 13.3. The number of hydrogen-bond acceptors (Lipinski definition) is 2. The summed E-state index contributed by atoms with van der Waals surface area (Å²) in [7, 11) is 1.46. The highest BCUT2D eigenvalue weighted by Gasteiger charge is 2.34. The molecule has 0 bridgehead atoms. The van der Waals surface area contributed by atoms with Gasteiger partial charge >= 0.3 is 6.18 Å². The standard InChI is InChI=1S/C11H8ClF3N2O/c1-18-8-4-2-3-7(5-8)17-10(12)6-9(16-17)11(13,14)15/h2-6H,1H3. The maximum atomic E-state index is 12.5. The summed E-state index contributed by atoms with van der Waals surface area (Å²) in [6.45, 7) is 0. The molecular weight excluding hydrogens is 269 g/mol. The first-order chi connectivity index (χ1) is 8.41. The molecular formula is C11H8ClF3N2O. The molecule has 0 aliphatic heterocycles. The number of halogens is 4. The van der Waals surface area contributed by atoms with Crippen LogP contribution in [0.25, 0.3) is 5.69 Å². The average molecular weight is 277 g/mol. The van der Waals surface area contributed by atoms with Gasteiger partial charge in [-0.25, -0.2) is 4.68 Å². The Morgan fingerprint density at radius 1 is 1.28 bits per heavy atom. The monoisotopic (exact) mass is 276 g/mol. The first-order valence-corrected chi connectivity index (χ1v) is 5.27. The van der Waals surface area contributed by atoms with Gasteiger partial charge in [-0.1, -0.05) is 17.7 Å². The number of rotatable bonds is 2. The summed E-state index contributed by atoms with van der Waals surface area (Å²) in [4.78, 5) is 0. The molecule has 2 aromatic rings. The molecule has 1 aromatic heterocycles. The van der Waals surface area contributed by atoms with Gasteiger partial charge in [0.15, 0.2) is 5.69 Å². The number of ether oxygens (including phenoxy) is 1. The third-order valence-corrected chi connectivity index (χ3v) is 2.52. The van der Waals surface area contributed by atoms with E-state index in [1.165, 1.54) is 7.11 Å². The second-order valence-corrected chi connectivity index (χ2v) is 3.85. The van der Waals surface area contributed by atoms with E-state index in [9.17, 15) is 13.2 Å². The zero-order valence-corrected chi connectivity index (χ0v) is 9.96. The molecule has 0 saturated carbocycles. The van der Waals surface area contributed by atoms with Crippen LogP contribution in [-0.4, -0.2) is 16.9 Å². The summed E-state index contributed by atoms with van der Waals surface area (Å²) in [5.41, 5.74) is -0.634. The van der Waals surface area contributed by atoms with Crippen LogP contribution in [-0.2, 0) is 6.18 Å². The average Bonchev–Trinajstić information content (AvgIpc) is 2.71. The van der Waals surface area contributed by atoms with Crippen molar-refractivity contribution in [3.05, 3.63) is 41.2 Å². The summed E-state index contributed by atoms with van der Waals surface area (Å²) in [6, 6.07) is 7.21. The summed E-state index contributed by atoms with van der Waals surface area (Å²) in [5, 5.41) is 3.32. The van der Waals surface area contributed by atoms with Gasteiger partial charge in [0.2, 0.25) is 0 Å². The van der Waals surface area contributed by atoms with Crippen molar-refractivity contribution in [2.24, 2.45) is 0 Å². The fraction of sp³-hybridized carbons (Fsp3) is 0.182. The largest absolute Gasteiger partial charge is 0.497 e. The van der Waals surface area contributed by atoms with Crippen molar-refractivity contribution in [1.29, 1.82) is 0 Å².